The summed E-state index contributed by atoms with van der Waals surface area (Å²) >= 11 is 6.36. The zero-order valence-electron chi connectivity index (χ0n) is 28.3. The van der Waals surface area contributed by atoms with Crippen molar-refractivity contribution in [1.82, 2.24) is 9.62 Å². The summed E-state index contributed by atoms with van der Waals surface area (Å²) in [4.78, 5) is 18.0. The van der Waals surface area contributed by atoms with Gasteiger partial charge in [0.25, 0.3) is 15.9 Å². The molecule has 4 aliphatic rings. The van der Waals surface area contributed by atoms with Crippen LogP contribution in [-0.4, -0.2) is 76.9 Å². The molecule has 2 aromatic carbocycles. The van der Waals surface area contributed by atoms with E-state index in [9.17, 15) is 13.2 Å². The molecule has 3 heterocycles. The van der Waals surface area contributed by atoms with Crippen LogP contribution in [0.5, 0.6) is 5.75 Å². The first-order valence-electron chi connectivity index (χ1n) is 17.6. The van der Waals surface area contributed by atoms with E-state index in [2.05, 4.69) is 20.6 Å². The minimum atomic E-state index is -4.19. The Morgan fingerprint density at radius 2 is 1.81 bits per heavy atom. The number of piperidine rings is 1. The molecule has 1 saturated heterocycles. The van der Waals surface area contributed by atoms with Gasteiger partial charge >= 0.3 is 0 Å². The van der Waals surface area contributed by atoms with E-state index < -0.39 is 21.5 Å². The second-order valence-electron chi connectivity index (χ2n) is 14.2. The molecule has 3 atom stereocenters. The number of halogens is 1. The molecule has 1 saturated carbocycles. The van der Waals surface area contributed by atoms with Crippen molar-refractivity contribution >= 4 is 33.2 Å². The number of amides is 1. The Hall–Kier alpha value is -2.63. The summed E-state index contributed by atoms with van der Waals surface area (Å²) in [5, 5.41) is 0.706. The lowest BCUT2D eigenvalue weighted by Gasteiger charge is -2.44. The predicted octanol–water partition coefficient (Wildman–Crippen LogP) is 6.13. The fourth-order valence-electron chi connectivity index (χ4n) is 7.26. The van der Waals surface area contributed by atoms with Crippen LogP contribution in [0.2, 0.25) is 5.02 Å². The highest BCUT2D eigenvalue weighted by Crippen LogP contribution is 2.42. The number of carbonyl (C=O) groups excluding carboxylic acids is 1. The highest BCUT2D eigenvalue weighted by molar-refractivity contribution is 7.90. The van der Waals surface area contributed by atoms with Gasteiger partial charge in [0.1, 0.15) is 18.0 Å². The number of fused-ring (bicyclic) bond motifs is 3. The summed E-state index contributed by atoms with van der Waals surface area (Å²) in [5.41, 5.74) is 1.58. The number of benzene rings is 2. The fourth-order valence-corrected chi connectivity index (χ4v) is 8.58. The second kappa shape index (κ2) is 15.5. The third-order valence-electron chi connectivity index (χ3n) is 10.4. The Bertz CT molecular complexity index is 1570. The van der Waals surface area contributed by atoms with Gasteiger partial charge in [-0.15, -0.1) is 0 Å². The van der Waals surface area contributed by atoms with Gasteiger partial charge in [-0.1, -0.05) is 36.2 Å². The lowest BCUT2D eigenvalue weighted by Crippen LogP contribution is -2.47. The number of hydrogen-bond acceptors (Lipinski definition) is 8. The number of anilines is 1. The molecule has 1 amide bonds. The lowest BCUT2D eigenvalue weighted by atomic mass is 9.70. The molecule has 2 fully saturated rings. The van der Waals surface area contributed by atoms with E-state index >= 15 is 0 Å². The Balaban J connectivity index is 1.32. The van der Waals surface area contributed by atoms with Gasteiger partial charge in [0.2, 0.25) is 0 Å². The fraction of sp³-hybridized carbons (Fsp3) is 0.595. The van der Waals surface area contributed by atoms with Gasteiger partial charge in [0, 0.05) is 24.7 Å². The smallest absolute Gasteiger partial charge is 0.265 e. The summed E-state index contributed by atoms with van der Waals surface area (Å²) in [7, 11) is -4.19. The van der Waals surface area contributed by atoms with E-state index in [0.29, 0.717) is 41.5 Å². The SMILES string of the molecule is CC1(C)OC/C=C/[C@H](OCCN2CCCCC2)[C@@H]2CC[C@H]2CN2CCCCc3cc(Cl)ccc3COc3ccc(cc32)S(=O)(=O)NC1=O. The van der Waals surface area contributed by atoms with Crippen molar-refractivity contribution in [2.45, 2.75) is 88.4 Å². The molecule has 0 radical (unpaired) electrons. The van der Waals surface area contributed by atoms with Crippen LogP contribution in [0.25, 0.3) is 0 Å². The van der Waals surface area contributed by atoms with Crippen LogP contribution >= 0.6 is 11.6 Å². The third-order valence-corrected chi connectivity index (χ3v) is 12.0. The molecule has 262 valence electrons. The summed E-state index contributed by atoms with van der Waals surface area (Å²) in [6, 6.07) is 10.8. The summed E-state index contributed by atoms with van der Waals surface area (Å²) in [6.45, 7) is 9.01. The summed E-state index contributed by atoms with van der Waals surface area (Å²) < 4.78 is 48.5. The van der Waals surface area contributed by atoms with Crippen molar-refractivity contribution in [3.63, 3.8) is 0 Å². The average molecular weight is 700 g/mol. The molecule has 2 bridgehead atoms. The van der Waals surface area contributed by atoms with Crippen molar-refractivity contribution < 1.29 is 27.4 Å². The van der Waals surface area contributed by atoms with E-state index in [1.807, 2.05) is 24.3 Å². The monoisotopic (exact) mass is 699 g/mol. The maximum atomic E-state index is 13.6. The Morgan fingerprint density at radius 3 is 2.60 bits per heavy atom. The zero-order valence-corrected chi connectivity index (χ0v) is 29.9. The first kappa shape index (κ1) is 35.2. The van der Waals surface area contributed by atoms with E-state index in [4.69, 9.17) is 25.8 Å². The van der Waals surface area contributed by atoms with Crippen molar-refractivity contribution in [1.29, 1.82) is 0 Å². The number of hydrogen-bond donors (Lipinski definition) is 1. The third kappa shape index (κ3) is 8.56. The van der Waals surface area contributed by atoms with Crippen molar-refractivity contribution in [2.24, 2.45) is 11.8 Å². The molecule has 0 aromatic heterocycles. The number of ether oxygens (including phenoxy) is 3. The van der Waals surface area contributed by atoms with Crippen LogP contribution in [0.1, 0.15) is 69.9 Å². The van der Waals surface area contributed by atoms with E-state index in [1.54, 1.807) is 26.0 Å². The highest BCUT2D eigenvalue weighted by Gasteiger charge is 2.39. The van der Waals surface area contributed by atoms with Crippen LogP contribution in [-0.2, 0) is 37.3 Å². The second-order valence-corrected chi connectivity index (χ2v) is 16.3. The number of carbonyl (C=O) groups is 1. The molecular formula is C37H50ClN3O6S. The Kier molecular flexibility index (Phi) is 11.4. The van der Waals surface area contributed by atoms with Gasteiger partial charge in [-0.25, -0.2) is 13.1 Å². The van der Waals surface area contributed by atoms with Crippen molar-refractivity contribution in [2.75, 3.05) is 50.8 Å². The van der Waals surface area contributed by atoms with Crippen molar-refractivity contribution in [3.8, 4) is 5.75 Å². The van der Waals surface area contributed by atoms with Gasteiger partial charge in [-0.2, -0.15) is 0 Å². The van der Waals surface area contributed by atoms with Crippen LogP contribution in [0, 0.1) is 11.8 Å². The molecule has 0 unspecified atom stereocenters. The Morgan fingerprint density at radius 1 is 1.00 bits per heavy atom. The summed E-state index contributed by atoms with van der Waals surface area (Å²) in [6.07, 6.45) is 12.6. The molecule has 6 rings (SSSR count). The molecule has 3 aliphatic heterocycles. The van der Waals surface area contributed by atoms with Crippen LogP contribution in [0.3, 0.4) is 0 Å². The first-order chi connectivity index (χ1) is 23.1. The van der Waals surface area contributed by atoms with Gasteiger partial charge < -0.3 is 24.0 Å². The normalized spacial score (nSPS) is 27.2. The number of sulfonamides is 1. The first-order valence-corrected chi connectivity index (χ1v) is 19.5. The van der Waals surface area contributed by atoms with Crippen LogP contribution in [0.4, 0.5) is 5.69 Å². The molecule has 48 heavy (non-hydrogen) atoms. The maximum Gasteiger partial charge on any atom is 0.265 e. The zero-order chi connectivity index (χ0) is 33.7. The van der Waals surface area contributed by atoms with E-state index in [1.165, 1.54) is 30.9 Å². The van der Waals surface area contributed by atoms with Gasteiger partial charge in [-0.05, 0) is 125 Å². The maximum absolute atomic E-state index is 13.6. The van der Waals surface area contributed by atoms with E-state index in [0.717, 1.165) is 70.4 Å². The van der Waals surface area contributed by atoms with Crippen LogP contribution < -0.4 is 14.4 Å². The number of nitrogens with one attached hydrogen (secondary N) is 1. The standard InChI is InChI=1S/C37H50ClN3O6S/c1-37(2)36(42)39-48(43,44)31-14-16-35-33(24-31)41(19-7-4-9-27-23-30(38)13-11-29(27)26-46-35)25-28-12-15-32(28)34(10-8-21-47-37)45-22-20-40-17-5-3-6-18-40/h8,10-11,13-14,16,23-24,28,32,34H,3-7,9,12,15,17-22,25-26H2,1-2H3,(H,39,42)/b10-8+/t28-,32+,34-/m0/s1. The quantitative estimate of drug-likeness (QED) is 0.381. The molecule has 0 spiro atoms. The highest BCUT2D eigenvalue weighted by atomic mass is 35.5. The predicted molar refractivity (Wildman–Crippen MR) is 188 cm³/mol. The average Bonchev–Trinajstić information content (AvgIpc) is 3.08. The number of likely N-dealkylation sites (tertiary alicyclic amines) is 1. The van der Waals surface area contributed by atoms with Gasteiger partial charge in [0.15, 0.2) is 0 Å². The molecule has 9 nitrogen and oxygen atoms in total. The van der Waals surface area contributed by atoms with Gasteiger partial charge in [-0.3, -0.25) is 4.79 Å². The molecule has 1 aliphatic carbocycles. The topological polar surface area (TPSA) is 97.4 Å². The molecule has 2 aromatic rings. The lowest BCUT2D eigenvalue weighted by molar-refractivity contribution is -0.139. The molecule has 11 heteroatoms. The molecule has 1 N–H and O–H groups in total. The van der Waals surface area contributed by atoms with Gasteiger partial charge in [0.05, 0.1) is 29.9 Å². The van der Waals surface area contributed by atoms with Crippen LogP contribution in [0.15, 0.2) is 53.4 Å². The number of aryl methyl sites for hydroxylation is 1. The number of rotatable bonds is 4. The van der Waals surface area contributed by atoms with Crippen molar-refractivity contribution in [3.05, 3.63) is 64.7 Å². The Labute approximate surface area is 291 Å². The number of nitrogens with zero attached hydrogens (tertiary/aromatic N) is 2. The summed E-state index contributed by atoms with van der Waals surface area (Å²) in [5.74, 6) is 0.552. The minimum absolute atomic E-state index is 0.0112. The minimum Gasteiger partial charge on any atom is -0.487 e. The van der Waals surface area contributed by atoms with E-state index in [-0.39, 0.29) is 17.6 Å². The largest absolute Gasteiger partial charge is 0.487 e. The molecular weight excluding hydrogens is 650 g/mol.